The number of unbranched alkanes of at least 4 members (excludes halogenated alkanes) is 5. The third-order valence-electron chi connectivity index (χ3n) is 2.54. The molecule has 0 saturated heterocycles. The van der Waals surface area contributed by atoms with E-state index in [-0.39, 0.29) is 57.9 Å². The van der Waals surface area contributed by atoms with Crippen LogP contribution in [0.4, 0.5) is 0 Å². The van der Waals surface area contributed by atoms with Crippen molar-refractivity contribution in [2.24, 2.45) is 0 Å². The van der Waals surface area contributed by atoms with E-state index in [1.54, 1.807) is 0 Å². The average molecular weight is 440 g/mol. The van der Waals surface area contributed by atoms with Crippen LogP contribution in [0.15, 0.2) is 0 Å². The molecule has 5 nitrogen and oxygen atoms in total. The van der Waals surface area contributed by atoms with Gasteiger partial charge >= 0.3 is 29.6 Å². The second-order valence-corrected chi connectivity index (χ2v) is 5.37. The molecule has 7 heteroatoms. The summed E-state index contributed by atoms with van der Waals surface area (Å²) in [6.45, 7) is 11.7. The summed E-state index contributed by atoms with van der Waals surface area (Å²) in [4.78, 5) is 0. The van der Waals surface area contributed by atoms with E-state index in [1.165, 1.54) is 0 Å². The molecule has 164 valence electrons. The summed E-state index contributed by atoms with van der Waals surface area (Å²) < 4.78 is 0. The largest absolute Gasteiger partial charge is 1.00 e. The van der Waals surface area contributed by atoms with Gasteiger partial charge in [-0.1, -0.05) is 73.1 Å². The van der Waals surface area contributed by atoms with Crippen LogP contribution in [0.3, 0.4) is 0 Å². The Kier molecular flexibility index (Phi) is 123. The van der Waals surface area contributed by atoms with Gasteiger partial charge in [-0.25, -0.2) is 0 Å². The zero-order chi connectivity index (χ0) is 20.6. The Morgan fingerprint density at radius 2 is 0.667 bits per heavy atom. The summed E-state index contributed by atoms with van der Waals surface area (Å²) in [7, 11) is 0. The van der Waals surface area contributed by atoms with Crippen LogP contribution in [0.5, 0.6) is 0 Å². The summed E-state index contributed by atoms with van der Waals surface area (Å²) in [6.07, 6.45) is 10.0. The molecule has 4 N–H and O–H groups in total. The summed E-state index contributed by atoms with van der Waals surface area (Å²) in [5, 5.41) is 41.8. The van der Waals surface area contributed by atoms with Gasteiger partial charge in [0, 0.05) is 48.1 Å². The first-order valence-corrected chi connectivity index (χ1v) is 10.1. The second-order valence-electron chi connectivity index (χ2n) is 5.37. The smallest absolute Gasteiger partial charge is 0.854 e. The van der Waals surface area contributed by atoms with Gasteiger partial charge < -0.3 is 25.5 Å². The van der Waals surface area contributed by atoms with Gasteiger partial charge in [0.1, 0.15) is 0 Å². The first-order valence-electron chi connectivity index (χ1n) is 10.1. The molecule has 0 aliphatic rings. The van der Waals surface area contributed by atoms with Gasteiger partial charge in [0.25, 0.3) is 0 Å². The third-order valence-corrected chi connectivity index (χ3v) is 2.54. The van der Waals surface area contributed by atoms with Crippen molar-refractivity contribution in [3.05, 3.63) is 0 Å². The molecular formula is C20H49NaO5Ti. The molecular weight excluding hydrogens is 391 g/mol. The van der Waals surface area contributed by atoms with Gasteiger partial charge in [-0.05, 0) is 25.7 Å². The zero-order valence-corrected chi connectivity index (χ0v) is 22.9. The van der Waals surface area contributed by atoms with Gasteiger partial charge in [-0.3, -0.25) is 0 Å². The van der Waals surface area contributed by atoms with E-state index in [0.717, 1.165) is 64.2 Å². The fraction of sp³-hybridized carbons (Fsp3) is 1.00. The van der Waals surface area contributed by atoms with Crippen LogP contribution >= 0.6 is 0 Å². The molecule has 0 aromatic rings. The summed E-state index contributed by atoms with van der Waals surface area (Å²) in [5.74, 6) is 0. The number of rotatable bonds is 10. The maximum Gasteiger partial charge on any atom is 1.00 e. The van der Waals surface area contributed by atoms with Crippen molar-refractivity contribution in [2.45, 2.75) is 98.8 Å². The maximum atomic E-state index is 9.53. The van der Waals surface area contributed by atoms with Crippen LogP contribution in [0.2, 0.25) is 0 Å². The Morgan fingerprint density at radius 1 is 0.481 bits per heavy atom. The molecule has 0 aliphatic heterocycles. The Morgan fingerprint density at radius 3 is 0.667 bits per heavy atom. The minimum Gasteiger partial charge on any atom is -0.854 e. The summed E-state index contributed by atoms with van der Waals surface area (Å²) in [5.41, 5.74) is 0. The van der Waals surface area contributed by atoms with Crippen molar-refractivity contribution < 1.29 is 76.8 Å². The summed E-state index contributed by atoms with van der Waals surface area (Å²) >= 11 is 0. The molecule has 0 spiro atoms. The van der Waals surface area contributed by atoms with Gasteiger partial charge in [0.15, 0.2) is 0 Å². The topological polar surface area (TPSA) is 104 Å². The Hall–Kier alpha value is 1.51. The van der Waals surface area contributed by atoms with E-state index in [4.69, 9.17) is 20.4 Å². The van der Waals surface area contributed by atoms with E-state index < -0.39 is 0 Å². The molecule has 0 saturated carbocycles. The van der Waals surface area contributed by atoms with Crippen LogP contribution in [0.1, 0.15) is 98.8 Å². The van der Waals surface area contributed by atoms with Crippen LogP contribution in [-0.2, 0) is 21.7 Å². The van der Waals surface area contributed by atoms with Crippen molar-refractivity contribution >= 4 is 0 Å². The van der Waals surface area contributed by atoms with Crippen molar-refractivity contribution in [3.8, 4) is 0 Å². The zero-order valence-electron chi connectivity index (χ0n) is 19.3. The minimum absolute atomic E-state index is 0. The summed E-state index contributed by atoms with van der Waals surface area (Å²) in [6, 6.07) is 0. The normalized spacial score (nSPS) is 7.78. The number of aliphatic hydroxyl groups excluding tert-OH is 4. The van der Waals surface area contributed by atoms with Crippen LogP contribution in [0.25, 0.3) is 0 Å². The van der Waals surface area contributed by atoms with Gasteiger partial charge in [-0.15, -0.1) is 6.61 Å². The monoisotopic (exact) mass is 440 g/mol. The number of hydrogen-bond donors (Lipinski definition) is 4. The molecule has 0 rings (SSSR count). The van der Waals surface area contributed by atoms with Crippen molar-refractivity contribution in [3.63, 3.8) is 0 Å². The molecule has 27 heavy (non-hydrogen) atoms. The first kappa shape index (κ1) is 46.6. The Balaban J connectivity index is -0.0000000364. The van der Waals surface area contributed by atoms with E-state index in [9.17, 15) is 5.11 Å². The minimum atomic E-state index is 0. The SMILES string of the molecule is CCCCO.CCCCO.CCCCO.CCCCO.CCCC[O-].[Na+].[Ti]. The molecule has 0 bridgehead atoms. The molecule has 0 atom stereocenters. The molecule has 0 aliphatic carbocycles. The van der Waals surface area contributed by atoms with Crippen LogP contribution in [-0.4, -0.2) is 53.5 Å². The predicted molar refractivity (Wildman–Crippen MR) is 108 cm³/mol. The van der Waals surface area contributed by atoms with Crippen molar-refractivity contribution in [1.82, 2.24) is 0 Å². The average Bonchev–Trinajstić information content (AvgIpc) is 2.61. The Labute approximate surface area is 207 Å². The molecule has 0 aromatic carbocycles. The van der Waals surface area contributed by atoms with E-state index in [1.807, 2.05) is 6.92 Å². The molecule has 0 heterocycles. The van der Waals surface area contributed by atoms with Gasteiger partial charge in [0.2, 0.25) is 0 Å². The van der Waals surface area contributed by atoms with Crippen molar-refractivity contribution in [1.29, 1.82) is 0 Å². The predicted octanol–water partition coefficient (Wildman–Crippen LogP) is 0.264. The number of aliphatic hydroxyl groups is 4. The van der Waals surface area contributed by atoms with Gasteiger partial charge in [0.05, 0.1) is 0 Å². The van der Waals surface area contributed by atoms with E-state index in [2.05, 4.69) is 27.7 Å². The first-order chi connectivity index (χ1) is 12.1. The molecule has 0 aromatic heterocycles. The molecule has 0 fully saturated rings. The Bertz CT molecular complexity index is 103. The second kappa shape index (κ2) is 70.9. The fourth-order valence-corrected chi connectivity index (χ4v) is 0.777. The van der Waals surface area contributed by atoms with E-state index in [0.29, 0.717) is 26.4 Å². The van der Waals surface area contributed by atoms with Crippen LogP contribution in [0, 0.1) is 0 Å². The molecule has 0 radical (unpaired) electrons. The fourth-order valence-electron chi connectivity index (χ4n) is 0.777. The van der Waals surface area contributed by atoms with Crippen LogP contribution < -0.4 is 34.7 Å². The third kappa shape index (κ3) is 135. The van der Waals surface area contributed by atoms with E-state index >= 15 is 0 Å². The molecule has 0 unspecified atom stereocenters. The number of hydrogen-bond acceptors (Lipinski definition) is 5. The maximum absolute atomic E-state index is 9.53. The molecule has 0 amide bonds. The standard InChI is InChI=1S/4C4H10O.C4H9O.Na.Ti/c5*1-2-3-4-5;;/h4*5H,2-4H2,1H3;2-4H2,1H3;;/q;;;;-1;+1;. The van der Waals surface area contributed by atoms with Crippen molar-refractivity contribution in [2.75, 3.05) is 33.0 Å². The quantitative estimate of drug-likeness (QED) is 0.365. The van der Waals surface area contributed by atoms with Gasteiger partial charge in [-0.2, -0.15) is 0 Å².